The Morgan fingerprint density at radius 1 is 1.54 bits per heavy atom. The van der Waals surface area contributed by atoms with Crippen LogP contribution in [0.25, 0.3) is 0 Å². The van der Waals surface area contributed by atoms with E-state index >= 15 is 0 Å². The molecular formula is C10H13NO2. The highest BCUT2D eigenvalue weighted by Gasteiger charge is 2.32. The lowest BCUT2D eigenvalue weighted by Gasteiger charge is -1.98. The minimum atomic E-state index is 0.261. The highest BCUT2D eigenvalue weighted by atomic mass is 16.5. The molecule has 0 amide bonds. The topological polar surface area (TPSA) is 43.1 Å². The molecule has 0 atom stereocenters. The molecule has 3 heteroatoms. The van der Waals surface area contributed by atoms with Crippen LogP contribution in [-0.2, 0) is 0 Å². The molecule has 1 aliphatic carbocycles. The van der Waals surface area contributed by atoms with Gasteiger partial charge in [-0.3, -0.25) is 4.79 Å². The minimum Gasteiger partial charge on any atom is -0.360 e. The van der Waals surface area contributed by atoms with Crippen LogP contribution in [0.3, 0.4) is 0 Å². The Hall–Kier alpha value is -1.12. The van der Waals surface area contributed by atoms with E-state index in [1.54, 1.807) is 0 Å². The van der Waals surface area contributed by atoms with Crippen LogP contribution in [0.4, 0.5) is 0 Å². The second kappa shape index (κ2) is 2.98. The summed E-state index contributed by atoms with van der Waals surface area (Å²) >= 11 is 0. The van der Waals surface area contributed by atoms with Crippen LogP contribution in [-0.4, -0.2) is 11.4 Å². The molecule has 13 heavy (non-hydrogen) atoms. The standard InChI is InChI=1S/C10H13NO2/c1-6(2)9-8(5-12)10(13-11-9)7-3-4-7/h5-7H,3-4H2,1-2H3. The summed E-state index contributed by atoms with van der Waals surface area (Å²) in [5.41, 5.74) is 1.49. The zero-order chi connectivity index (χ0) is 9.42. The van der Waals surface area contributed by atoms with Gasteiger partial charge in [0.05, 0.1) is 11.3 Å². The summed E-state index contributed by atoms with van der Waals surface area (Å²) in [6.07, 6.45) is 3.14. The number of hydrogen-bond acceptors (Lipinski definition) is 3. The van der Waals surface area contributed by atoms with Gasteiger partial charge in [0.2, 0.25) is 0 Å². The van der Waals surface area contributed by atoms with Crippen molar-refractivity contribution in [2.45, 2.75) is 38.5 Å². The van der Waals surface area contributed by atoms with Gasteiger partial charge in [0.25, 0.3) is 0 Å². The van der Waals surface area contributed by atoms with Crippen molar-refractivity contribution in [2.75, 3.05) is 0 Å². The molecular weight excluding hydrogens is 166 g/mol. The van der Waals surface area contributed by atoms with Crippen LogP contribution in [0.1, 0.15) is 60.3 Å². The van der Waals surface area contributed by atoms with E-state index in [2.05, 4.69) is 5.16 Å². The fraction of sp³-hybridized carbons (Fsp3) is 0.600. The summed E-state index contributed by atoms with van der Waals surface area (Å²) in [6, 6.07) is 0. The lowest BCUT2D eigenvalue weighted by Crippen LogP contribution is -1.94. The number of rotatable bonds is 3. The fourth-order valence-corrected chi connectivity index (χ4v) is 1.50. The van der Waals surface area contributed by atoms with Gasteiger partial charge in [0, 0.05) is 5.92 Å². The Morgan fingerprint density at radius 3 is 2.69 bits per heavy atom. The molecule has 0 radical (unpaired) electrons. The average Bonchev–Trinajstić information content (AvgIpc) is 2.84. The normalized spacial score (nSPS) is 16.5. The summed E-state index contributed by atoms with van der Waals surface area (Å²) in [7, 11) is 0. The molecule has 0 saturated heterocycles. The van der Waals surface area contributed by atoms with Gasteiger partial charge in [0.1, 0.15) is 0 Å². The van der Waals surface area contributed by atoms with Crippen molar-refractivity contribution >= 4 is 6.29 Å². The summed E-state index contributed by atoms with van der Waals surface area (Å²) < 4.78 is 5.19. The fourth-order valence-electron chi connectivity index (χ4n) is 1.50. The summed E-state index contributed by atoms with van der Waals surface area (Å²) in [5, 5.41) is 3.94. The van der Waals surface area contributed by atoms with Crippen LogP contribution in [0, 0.1) is 0 Å². The number of aromatic nitrogens is 1. The molecule has 0 spiro atoms. The van der Waals surface area contributed by atoms with Gasteiger partial charge >= 0.3 is 0 Å². The SMILES string of the molecule is CC(C)c1noc(C2CC2)c1C=O. The van der Waals surface area contributed by atoms with E-state index in [9.17, 15) is 4.79 Å². The Bertz CT molecular complexity index is 304. The Morgan fingerprint density at radius 2 is 2.23 bits per heavy atom. The summed E-state index contributed by atoms with van der Waals surface area (Å²) in [4.78, 5) is 10.8. The summed E-state index contributed by atoms with van der Waals surface area (Å²) in [5.74, 6) is 1.52. The maximum Gasteiger partial charge on any atom is 0.155 e. The van der Waals surface area contributed by atoms with E-state index in [1.165, 1.54) is 0 Å². The molecule has 2 rings (SSSR count). The molecule has 1 fully saturated rings. The van der Waals surface area contributed by atoms with E-state index in [0.717, 1.165) is 30.6 Å². The monoisotopic (exact) mass is 179 g/mol. The van der Waals surface area contributed by atoms with Crippen molar-refractivity contribution in [2.24, 2.45) is 0 Å². The van der Waals surface area contributed by atoms with Gasteiger partial charge < -0.3 is 4.52 Å². The van der Waals surface area contributed by atoms with Crippen molar-refractivity contribution in [1.82, 2.24) is 5.16 Å². The smallest absolute Gasteiger partial charge is 0.155 e. The third kappa shape index (κ3) is 1.39. The van der Waals surface area contributed by atoms with Crippen LogP contribution in [0.15, 0.2) is 4.52 Å². The molecule has 0 bridgehead atoms. The first kappa shape index (κ1) is 8.48. The second-order valence-corrected chi connectivity index (χ2v) is 3.89. The molecule has 0 unspecified atom stereocenters. The largest absolute Gasteiger partial charge is 0.360 e. The number of carbonyl (C=O) groups excluding carboxylic acids is 1. The van der Waals surface area contributed by atoms with Crippen LogP contribution < -0.4 is 0 Å². The molecule has 1 aliphatic rings. The van der Waals surface area contributed by atoms with Crippen molar-refractivity contribution < 1.29 is 9.32 Å². The van der Waals surface area contributed by atoms with Crippen molar-refractivity contribution in [3.63, 3.8) is 0 Å². The van der Waals surface area contributed by atoms with Crippen molar-refractivity contribution in [3.8, 4) is 0 Å². The Kier molecular flexibility index (Phi) is 1.94. The Labute approximate surface area is 77.1 Å². The lowest BCUT2D eigenvalue weighted by atomic mass is 10.0. The first-order valence-electron chi connectivity index (χ1n) is 4.68. The molecule has 1 heterocycles. The maximum absolute atomic E-state index is 10.8. The number of nitrogens with zero attached hydrogens (tertiary/aromatic N) is 1. The van der Waals surface area contributed by atoms with Crippen LogP contribution in [0.5, 0.6) is 0 Å². The average molecular weight is 179 g/mol. The molecule has 0 aliphatic heterocycles. The van der Waals surface area contributed by atoms with E-state index in [1.807, 2.05) is 13.8 Å². The third-order valence-electron chi connectivity index (χ3n) is 2.40. The van der Waals surface area contributed by atoms with Gasteiger partial charge in [-0.25, -0.2) is 0 Å². The maximum atomic E-state index is 10.8. The molecule has 3 nitrogen and oxygen atoms in total. The van der Waals surface area contributed by atoms with E-state index in [0.29, 0.717) is 11.5 Å². The van der Waals surface area contributed by atoms with Crippen LogP contribution in [0.2, 0.25) is 0 Å². The van der Waals surface area contributed by atoms with Crippen LogP contribution >= 0.6 is 0 Å². The minimum absolute atomic E-state index is 0.261. The number of aldehydes is 1. The van der Waals surface area contributed by atoms with E-state index in [4.69, 9.17) is 4.52 Å². The zero-order valence-corrected chi connectivity index (χ0v) is 7.91. The van der Waals surface area contributed by atoms with E-state index in [-0.39, 0.29) is 5.92 Å². The van der Waals surface area contributed by atoms with E-state index < -0.39 is 0 Å². The predicted octanol–water partition coefficient (Wildman–Crippen LogP) is 2.49. The first-order chi connectivity index (χ1) is 6.24. The molecule has 1 aromatic heterocycles. The molecule has 0 N–H and O–H groups in total. The summed E-state index contributed by atoms with van der Waals surface area (Å²) in [6.45, 7) is 4.03. The van der Waals surface area contributed by atoms with Crippen molar-refractivity contribution in [1.29, 1.82) is 0 Å². The lowest BCUT2D eigenvalue weighted by molar-refractivity contribution is 0.112. The Balaban J connectivity index is 2.41. The van der Waals surface area contributed by atoms with Gasteiger partial charge in [-0.15, -0.1) is 0 Å². The second-order valence-electron chi connectivity index (χ2n) is 3.89. The van der Waals surface area contributed by atoms with Gasteiger partial charge in [-0.05, 0) is 18.8 Å². The molecule has 0 aromatic carbocycles. The first-order valence-corrected chi connectivity index (χ1v) is 4.68. The number of hydrogen-bond donors (Lipinski definition) is 0. The van der Waals surface area contributed by atoms with Gasteiger partial charge in [-0.1, -0.05) is 19.0 Å². The van der Waals surface area contributed by atoms with Crippen molar-refractivity contribution in [3.05, 3.63) is 17.0 Å². The molecule has 1 aromatic rings. The highest BCUT2D eigenvalue weighted by Crippen LogP contribution is 2.42. The predicted molar refractivity (Wildman–Crippen MR) is 48.0 cm³/mol. The molecule has 1 saturated carbocycles. The van der Waals surface area contributed by atoms with Gasteiger partial charge in [-0.2, -0.15) is 0 Å². The number of carbonyl (C=O) groups is 1. The third-order valence-corrected chi connectivity index (χ3v) is 2.40. The van der Waals surface area contributed by atoms with Gasteiger partial charge in [0.15, 0.2) is 12.0 Å². The highest BCUT2D eigenvalue weighted by molar-refractivity contribution is 5.78. The molecule has 70 valence electrons. The quantitative estimate of drug-likeness (QED) is 0.669. The zero-order valence-electron chi connectivity index (χ0n) is 7.91.